The van der Waals surface area contributed by atoms with Crippen molar-refractivity contribution in [2.75, 3.05) is 6.54 Å². The third-order valence-corrected chi connectivity index (χ3v) is 5.71. The van der Waals surface area contributed by atoms with Crippen LogP contribution in [0.3, 0.4) is 0 Å². The molecule has 1 aromatic heterocycles. The van der Waals surface area contributed by atoms with Crippen molar-refractivity contribution in [3.05, 3.63) is 24.0 Å². The van der Waals surface area contributed by atoms with Gasteiger partial charge in [-0.15, -0.1) is 0 Å². The van der Waals surface area contributed by atoms with Gasteiger partial charge < -0.3 is 5.11 Å². The van der Waals surface area contributed by atoms with E-state index < -0.39 is 38.9 Å². The van der Waals surface area contributed by atoms with Gasteiger partial charge in [0.1, 0.15) is 4.90 Å². The lowest BCUT2D eigenvalue weighted by atomic mass is 10.0. The van der Waals surface area contributed by atoms with Gasteiger partial charge in [0, 0.05) is 18.8 Å². The van der Waals surface area contributed by atoms with Crippen LogP contribution in [-0.2, 0) is 16.2 Å². The Morgan fingerprint density at radius 2 is 2.14 bits per heavy atom. The Morgan fingerprint density at radius 3 is 2.73 bits per heavy atom. The molecule has 22 heavy (non-hydrogen) atoms. The molecular formula is C13H17F3N2O3S. The number of alkyl halides is 3. The van der Waals surface area contributed by atoms with Crippen molar-refractivity contribution in [1.82, 2.24) is 9.29 Å². The first-order valence-corrected chi connectivity index (χ1v) is 8.34. The second kappa shape index (κ2) is 6.13. The van der Waals surface area contributed by atoms with Gasteiger partial charge in [-0.1, -0.05) is 6.92 Å². The highest BCUT2D eigenvalue weighted by atomic mass is 32.2. The van der Waals surface area contributed by atoms with Crippen molar-refractivity contribution in [2.24, 2.45) is 0 Å². The summed E-state index contributed by atoms with van der Waals surface area (Å²) in [4.78, 5) is 2.36. The molecule has 1 saturated heterocycles. The predicted octanol–water partition coefficient (Wildman–Crippen LogP) is 2.02. The van der Waals surface area contributed by atoms with Crippen molar-refractivity contribution in [3.8, 4) is 0 Å². The Kier molecular flexibility index (Phi) is 4.78. The summed E-state index contributed by atoms with van der Waals surface area (Å²) in [5, 5.41) is 9.63. The van der Waals surface area contributed by atoms with Gasteiger partial charge in [-0.05, 0) is 31.4 Å². The number of aromatic nitrogens is 1. The largest absolute Gasteiger partial charge is 0.434 e. The van der Waals surface area contributed by atoms with Gasteiger partial charge in [-0.25, -0.2) is 8.42 Å². The van der Waals surface area contributed by atoms with E-state index in [4.69, 9.17) is 0 Å². The van der Waals surface area contributed by atoms with Crippen molar-refractivity contribution in [1.29, 1.82) is 0 Å². The number of rotatable bonds is 3. The fraction of sp³-hybridized carbons (Fsp3) is 0.615. The van der Waals surface area contributed by atoms with E-state index in [9.17, 15) is 26.7 Å². The highest BCUT2D eigenvalue weighted by molar-refractivity contribution is 7.89. The fourth-order valence-electron chi connectivity index (χ4n) is 2.63. The highest BCUT2D eigenvalue weighted by Gasteiger charge is 2.43. The maximum atomic E-state index is 13.0. The Labute approximate surface area is 126 Å². The van der Waals surface area contributed by atoms with Crippen LogP contribution in [0.5, 0.6) is 0 Å². The summed E-state index contributed by atoms with van der Waals surface area (Å²) in [6.45, 7) is 1.73. The lowest BCUT2D eigenvalue weighted by Gasteiger charge is -2.36. The predicted molar refractivity (Wildman–Crippen MR) is 72.5 cm³/mol. The number of hydrogen-bond acceptors (Lipinski definition) is 4. The van der Waals surface area contributed by atoms with E-state index in [-0.39, 0.29) is 19.4 Å². The van der Waals surface area contributed by atoms with Gasteiger partial charge in [0.15, 0.2) is 5.69 Å². The van der Waals surface area contributed by atoms with Crippen molar-refractivity contribution in [3.63, 3.8) is 0 Å². The molecule has 1 N–H and O–H groups in total. The van der Waals surface area contributed by atoms with Crippen molar-refractivity contribution < 1.29 is 26.7 Å². The average Bonchev–Trinajstić information content (AvgIpc) is 2.46. The molecule has 124 valence electrons. The molecule has 1 aromatic rings. The summed E-state index contributed by atoms with van der Waals surface area (Å²) in [5.41, 5.74) is -1.41. The van der Waals surface area contributed by atoms with Gasteiger partial charge in [0.05, 0.1) is 6.10 Å². The maximum Gasteiger partial charge on any atom is 0.434 e. The van der Waals surface area contributed by atoms with E-state index in [1.165, 1.54) is 6.07 Å². The number of halogens is 3. The Hall–Kier alpha value is -1.19. The molecule has 1 aliphatic heterocycles. The first-order valence-electron chi connectivity index (χ1n) is 6.90. The summed E-state index contributed by atoms with van der Waals surface area (Å²) in [6.07, 6.45) is -3.72. The van der Waals surface area contributed by atoms with Crippen LogP contribution >= 0.6 is 0 Å². The zero-order valence-corrected chi connectivity index (χ0v) is 12.7. The quantitative estimate of drug-likeness (QED) is 0.915. The van der Waals surface area contributed by atoms with Crippen LogP contribution in [0.4, 0.5) is 13.2 Å². The maximum absolute atomic E-state index is 13.0. The highest BCUT2D eigenvalue weighted by Crippen LogP contribution is 2.35. The third-order valence-electron chi connectivity index (χ3n) is 3.73. The minimum absolute atomic E-state index is 0.00576. The number of pyridine rings is 1. The Balaban J connectivity index is 2.47. The first-order chi connectivity index (χ1) is 10.2. The third kappa shape index (κ3) is 3.26. The molecule has 2 rings (SSSR count). The topological polar surface area (TPSA) is 70.5 Å². The zero-order valence-electron chi connectivity index (χ0n) is 11.9. The summed E-state index contributed by atoms with van der Waals surface area (Å²) in [5.74, 6) is 0. The second-order valence-corrected chi connectivity index (χ2v) is 7.06. The number of hydrogen-bond donors (Lipinski definition) is 1. The summed E-state index contributed by atoms with van der Waals surface area (Å²) < 4.78 is 65.3. The molecule has 1 aliphatic rings. The SMILES string of the molecule is CC[C@H]1C[C@@H](O)CCN1S(=O)(=O)c1cccnc1C(F)(F)F. The van der Waals surface area contributed by atoms with Gasteiger partial charge in [0.2, 0.25) is 10.0 Å². The standard InChI is InChI=1S/C13H17F3N2O3S/c1-2-9-8-10(19)5-7-18(9)22(20,21)11-4-3-6-17-12(11)13(14,15)16/h3-4,6,9-10,19H,2,5,7-8H2,1H3/t9-,10-/m0/s1. The van der Waals surface area contributed by atoms with Gasteiger partial charge >= 0.3 is 6.18 Å². The molecule has 0 spiro atoms. The zero-order chi connectivity index (χ0) is 16.5. The molecular weight excluding hydrogens is 321 g/mol. The number of aliphatic hydroxyl groups is 1. The minimum atomic E-state index is -4.85. The van der Waals surface area contributed by atoms with Crippen LogP contribution in [0, 0.1) is 0 Å². The van der Waals surface area contributed by atoms with Crippen LogP contribution < -0.4 is 0 Å². The van der Waals surface area contributed by atoms with E-state index >= 15 is 0 Å². The number of piperidine rings is 1. The average molecular weight is 338 g/mol. The van der Waals surface area contributed by atoms with Gasteiger partial charge in [-0.2, -0.15) is 17.5 Å². The minimum Gasteiger partial charge on any atom is -0.393 e. The van der Waals surface area contributed by atoms with Crippen molar-refractivity contribution >= 4 is 10.0 Å². The van der Waals surface area contributed by atoms with Crippen molar-refractivity contribution in [2.45, 2.75) is 49.4 Å². The molecule has 9 heteroatoms. The molecule has 0 radical (unpaired) electrons. The lowest BCUT2D eigenvalue weighted by Crippen LogP contribution is -2.47. The molecule has 2 heterocycles. The summed E-state index contributed by atoms with van der Waals surface area (Å²) in [6, 6.07) is 1.57. The van der Waals surface area contributed by atoms with Crippen LogP contribution in [0.25, 0.3) is 0 Å². The normalized spacial score (nSPS) is 24.4. The molecule has 0 unspecified atom stereocenters. The lowest BCUT2D eigenvalue weighted by molar-refractivity contribution is -0.143. The molecule has 1 fully saturated rings. The van der Waals surface area contributed by atoms with Crippen LogP contribution in [0.2, 0.25) is 0 Å². The monoisotopic (exact) mass is 338 g/mol. The molecule has 0 aromatic carbocycles. The van der Waals surface area contributed by atoms with E-state index in [2.05, 4.69) is 4.98 Å². The smallest absolute Gasteiger partial charge is 0.393 e. The summed E-state index contributed by atoms with van der Waals surface area (Å²) >= 11 is 0. The molecule has 0 saturated carbocycles. The fourth-order valence-corrected chi connectivity index (χ4v) is 4.52. The van der Waals surface area contributed by atoms with Gasteiger partial charge in [-0.3, -0.25) is 4.98 Å². The first kappa shape index (κ1) is 17.2. The number of aliphatic hydroxyl groups excluding tert-OH is 1. The molecule has 2 atom stereocenters. The van der Waals surface area contributed by atoms with Crippen LogP contribution in [0.15, 0.2) is 23.2 Å². The molecule has 5 nitrogen and oxygen atoms in total. The van der Waals surface area contributed by atoms with Crippen LogP contribution in [0.1, 0.15) is 31.9 Å². The second-order valence-electron chi connectivity index (χ2n) is 5.20. The van der Waals surface area contributed by atoms with E-state index in [0.717, 1.165) is 16.6 Å². The summed E-state index contributed by atoms with van der Waals surface area (Å²) in [7, 11) is -4.32. The van der Waals surface area contributed by atoms with Crippen LogP contribution in [-0.4, -0.2) is 41.5 Å². The Bertz CT molecular complexity index is 634. The molecule has 0 bridgehead atoms. The van der Waals surface area contributed by atoms with E-state index in [1.54, 1.807) is 6.92 Å². The number of nitrogens with zero attached hydrogens (tertiary/aromatic N) is 2. The number of sulfonamides is 1. The van der Waals surface area contributed by atoms with Gasteiger partial charge in [0.25, 0.3) is 0 Å². The van der Waals surface area contributed by atoms with E-state index in [1.807, 2.05) is 0 Å². The van der Waals surface area contributed by atoms with E-state index in [0.29, 0.717) is 6.42 Å². The molecule has 0 amide bonds. The Morgan fingerprint density at radius 1 is 1.45 bits per heavy atom. The molecule has 0 aliphatic carbocycles.